The van der Waals surface area contributed by atoms with Gasteiger partial charge in [-0.15, -0.1) is 12.4 Å². The molecule has 0 unspecified atom stereocenters. The summed E-state index contributed by atoms with van der Waals surface area (Å²) < 4.78 is 0. The minimum absolute atomic E-state index is 0. The average Bonchev–Trinajstić information content (AvgIpc) is 2.49. The molecule has 1 aromatic heterocycles. The Balaban J connectivity index is 0.00000176. The molecule has 1 aliphatic rings. The maximum atomic E-state index is 12.4. The Labute approximate surface area is 137 Å². The van der Waals surface area contributed by atoms with Crippen molar-refractivity contribution in [3.05, 3.63) is 40.2 Å². The van der Waals surface area contributed by atoms with Crippen LogP contribution in [0.1, 0.15) is 18.9 Å². The lowest BCUT2D eigenvalue weighted by Crippen LogP contribution is -2.47. The van der Waals surface area contributed by atoms with E-state index in [0.717, 1.165) is 54.9 Å². The lowest BCUT2D eigenvalue weighted by Gasteiger charge is -2.35. The molecule has 1 aliphatic heterocycles. The van der Waals surface area contributed by atoms with Gasteiger partial charge in [-0.25, -0.2) is 0 Å². The first kappa shape index (κ1) is 16.8. The summed E-state index contributed by atoms with van der Waals surface area (Å²) in [5.74, 6) is 0. The number of nitrogens with one attached hydrogen (secondary N) is 1. The zero-order valence-electron chi connectivity index (χ0n) is 13.3. The Hall–Kier alpha value is -1.52. The highest BCUT2D eigenvalue weighted by molar-refractivity contribution is 5.85. The number of anilines is 1. The van der Waals surface area contributed by atoms with Crippen LogP contribution >= 0.6 is 12.4 Å². The minimum Gasteiger partial charge on any atom is -0.365 e. The number of pyridine rings is 1. The topological polar surface area (TPSA) is 39.3 Å². The molecule has 0 bridgehead atoms. The Bertz CT molecular complexity index is 690. The quantitative estimate of drug-likeness (QED) is 0.945. The summed E-state index contributed by atoms with van der Waals surface area (Å²) in [6, 6.07) is 8.17. The van der Waals surface area contributed by atoms with Gasteiger partial charge in [-0.2, -0.15) is 0 Å². The lowest BCUT2D eigenvalue weighted by atomic mass is 10.1. The van der Waals surface area contributed by atoms with Crippen molar-refractivity contribution in [3.63, 3.8) is 0 Å². The molecule has 4 nitrogen and oxygen atoms in total. The second kappa shape index (κ2) is 7.16. The first-order chi connectivity index (χ1) is 10.2. The van der Waals surface area contributed by atoms with E-state index in [9.17, 15) is 4.79 Å². The fraction of sp³-hybridized carbons (Fsp3) is 0.471. The molecular formula is C17H24ClN3O. The van der Waals surface area contributed by atoms with Crippen LogP contribution in [0.5, 0.6) is 0 Å². The molecule has 5 heteroatoms. The summed E-state index contributed by atoms with van der Waals surface area (Å²) in [6.07, 6.45) is 1.19. The Morgan fingerprint density at radius 1 is 1.18 bits per heavy atom. The molecule has 2 aromatic rings. The van der Waals surface area contributed by atoms with Crippen molar-refractivity contribution in [3.8, 4) is 0 Å². The van der Waals surface area contributed by atoms with E-state index in [1.54, 1.807) is 0 Å². The number of aromatic amines is 1. The van der Waals surface area contributed by atoms with Gasteiger partial charge in [0, 0.05) is 31.6 Å². The molecule has 2 heterocycles. The Kier molecular flexibility index (Phi) is 5.48. The molecule has 1 saturated heterocycles. The number of piperazine rings is 1. The van der Waals surface area contributed by atoms with E-state index in [4.69, 9.17) is 0 Å². The van der Waals surface area contributed by atoms with Crippen molar-refractivity contribution in [1.82, 2.24) is 9.88 Å². The van der Waals surface area contributed by atoms with Crippen molar-refractivity contribution >= 4 is 29.0 Å². The molecule has 0 atom stereocenters. The summed E-state index contributed by atoms with van der Waals surface area (Å²) in [5, 5.41) is 1.11. The molecule has 0 amide bonds. The Morgan fingerprint density at radius 3 is 2.59 bits per heavy atom. The van der Waals surface area contributed by atoms with Crippen LogP contribution < -0.4 is 10.5 Å². The van der Waals surface area contributed by atoms with Crippen molar-refractivity contribution < 1.29 is 0 Å². The molecule has 0 spiro atoms. The summed E-state index contributed by atoms with van der Waals surface area (Å²) in [7, 11) is 0. The van der Waals surface area contributed by atoms with Crippen LogP contribution in [-0.2, 0) is 0 Å². The van der Waals surface area contributed by atoms with Gasteiger partial charge in [0.1, 0.15) is 5.69 Å². The van der Waals surface area contributed by atoms with Crippen molar-refractivity contribution in [2.24, 2.45) is 0 Å². The minimum atomic E-state index is 0. The number of H-pyrrole nitrogens is 1. The number of aryl methyl sites for hydroxylation is 1. The van der Waals surface area contributed by atoms with Gasteiger partial charge in [-0.05, 0) is 31.5 Å². The molecule has 1 N–H and O–H groups in total. The summed E-state index contributed by atoms with van der Waals surface area (Å²) >= 11 is 0. The maximum Gasteiger partial charge on any atom is 0.271 e. The zero-order valence-corrected chi connectivity index (χ0v) is 14.1. The third-order valence-corrected chi connectivity index (χ3v) is 4.32. The molecule has 0 saturated carbocycles. The second-order valence-electron chi connectivity index (χ2n) is 5.85. The molecular weight excluding hydrogens is 298 g/mol. The molecule has 0 radical (unpaired) electrons. The summed E-state index contributed by atoms with van der Waals surface area (Å²) in [5.41, 5.74) is 2.91. The first-order valence-corrected chi connectivity index (χ1v) is 7.79. The van der Waals surface area contributed by atoms with Gasteiger partial charge in [-0.1, -0.05) is 25.1 Å². The second-order valence-corrected chi connectivity index (χ2v) is 5.85. The van der Waals surface area contributed by atoms with Gasteiger partial charge in [-0.3, -0.25) is 9.69 Å². The van der Waals surface area contributed by atoms with Crippen LogP contribution in [0.25, 0.3) is 10.9 Å². The predicted molar refractivity (Wildman–Crippen MR) is 95.5 cm³/mol. The van der Waals surface area contributed by atoms with Crippen LogP contribution in [0.15, 0.2) is 29.1 Å². The average molecular weight is 322 g/mol. The van der Waals surface area contributed by atoms with Gasteiger partial charge in [0.15, 0.2) is 0 Å². The fourth-order valence-electron chi connectivity index (χ4n) is 3.14. The van der Waals surface area contributed by atoms with Crippen LogP contribution in [0.3, 0.4) is 0 Å². The van der Waals surface area contributed by atoms with E-state index in [2.05, 4.69) is 27.8 Å². The highest BCUT2D eigenvalue weighted by Gasteiger charge is 2.19. The zero-order chi connectivity index (χ0) is 14.8. The summed E-state index contributed by atoms with van der Waals surface area (Å²) in [4.78, 5) is 20.1. The maximum absolute atomic E-state index is 12.4. The van der Waals surface area contributed by atoms with E-state index >= 15 is 0 Å². The standard InChI is InChI=1S/C17H23N3O.ClH/c1-3-7-19-8-10-20(11-9-19)15-12-14-6-4-5-13(2)16(14)18-17(15)21;/h4-6,12H,3,7-11H2,1-2H3,(H,18,21);1H. The number of hydrogen-bond donors (Lipinski definition) is 1. The predicted octanol–water partition coefficient (Wildman–Crippen LogP) is 2.79. The number of hydrogen-bond acceptors (Lipinski definition) is 3. The molecule has 0 aliphatic carbocycles. The van der Waals surface area contributed by atoms with Crippen LogP contribution in [0.4, 0.5) is 5.69 Å². The van der Waals surface area contributed by atoms with Crippen molar-refractivity contribution in [1.29, 1.82) is 0 Å². The molecule has 120 valence electrons. The van der Waals surface area contributed by atoms with E-state index in [0.29, 0.717) is 0 Å². The summed E-state index contributed by atoms with van der Waals surface area (Å²) in [6.45, 7) is 9.34. The number of fused-ring (bicyclic) bond motifs is 1. The number of aromatic nitrogens is 1. The normalized spacial score (nSPS) is 15.8. The van der Waals surface area contributed by atoms with Gasteiger partial charge in [0.05, 0.1) is 5.52 Å². The Morgan fingerprint density at radius 2 is 1.91 bits per heavy atom. The van der Waals surface area contributed by atoms with Gasteiger partial charge >= 0.3 is 0 Å². The smallest absolute Gasteiger partial charge is 0.271 e. The number of para-hydroxylation sites is 1. The van der Waals surface area contributed by atoms with Crippen LogP contribution in [0.2, 0.25) is 0 Å². The van der Waals surface area contributed by atoms with Crippen molar-refractivity contribution in [2.45, 2.75) is 20.3 Å². The lowest BCUT2D eigenvalue weighted by molar-refractivity contribution is 0.258. The van der Waals surface area contributed by atoms with E-state index < -0.39 is 0 Å². The molecule has 3 rings (SSSR count). The number of benzene rings is 1. The molecule has 1 fully saturated rings. The third-order valence-electron chi connectivity index (χ3n) is 4.32. The monoisotopic (exact) mass is 321 g/mol. The fourth-order valence-corrected chi connectivity index (χ4v) is 3.14. The largest absolute Gasteiger partial charge is 0.365 e. The van der Waals surface area contributed by atoms with Crippen molar-refractivity contribution in [2.75, 3.05) is 37.6 Å². The SMILES string of the molecule is CCCN1CCN(c2cc3cccc(C)c3[nH]c2=O)CC1.Cl. The number of halogens is 1. The number of nitrogens with zero attached hydrogens (tertiary/aromatic N) is 2. The first-order valence-electron chi connectivity index (χ1n) is 7.79. The van der Waals surface area contributed by atoms with E-state index in [1.807, 2.05) is 25.1 Å². The van der Waals surface area contributed by atoms with E-state index in [-0.39, 0.29) is 18.0 Å². The van der Waals surface area contributed by atoms with E-state index in [1.165, 1.54) is 6.42 Å². The van der Waals surface area contributed by atoms with Gasteiger partial charge < -0.3 is 9.88 Å². The third kappa shape index (κ3) is 3.28. The number of rotatable bonds is 3. The van der Waals surface area contributed by atoms with Crippen LogP contribution in [0, 0.1) is 6.92 Å². The van der Waals surface area contributed by atoms with Crippen LogP contribution in [-0.4, -0.2) is 42.6 Å². The highest BCUT2D eigenvalue weighted by atomic mass is 35.5. The van der Waals surface area contributed by atoms with Gasteiger partial charge in [0.2, 0.25) is 0 Å². The molecule has 1 aromatic carbocycles. The molecule has 22 heavy (non-hydrogen) atoms. The van der Waals surface area contributed by atoms with Gasteiger partial charge in [0.25, 0.3) is 5.56 Å². The highest BCUT2D eigenvalue weighted by Crippen LogP contribution is 2.20.